The molecule has 1 aliphatic heterocycles. The number of piperidine rings is 1. The van der Waals surface area contributed by atoms with Gasteiger partial charge < -0.3 is 33.9 Å². The number of carbonyl (C=O) groups excluding carboxylic acids is 1. The first-order valence-electron chi connectivity index (χ1n) is 13.6. The second kappa shape index (κ2) is 8.10. The third-order valence-corrected chi connectivity index (χ3v) is 11.8. The van der Waals surface area contributed by atoms with Gasteiger partial charge in [-0.2, -0.15) is 0 Å². The van der Waals surface area contributed by atoms with Crippen LogP contribution < -0.4 is 0 Å². The zero-order valence-electron chi connectivity index (χ0n) is 22.4. The Bertz CT molecular complexity index is 918. The molecule has 1 heterocycles. The highest BCUT2D eigenvalue weighted by Gasteiger charge is 2.91. The molecule has 2 N–H and O–H groups in total. The summed E-state index contributed by atoms with van der Waals surface area (Å²) in [5, 5.41) is 26.0. The Morgan fingerprint density at radius 2 is 1.86 bits per heavy atom. The highest BCUT2D eigenvalue weighted by molar-refractivity contribution is 5.66. The van der Waals surface area contributed by atoms with Crippen molar-refractivity contribution < 1.29 is 38.7 Å². The number of hydrogen-bond acceptors (Lipinski definition) is 9. The van der Waals surface area contributed by atoms with E-state index in [1.807, 2.05) is 0 Å². The van der Waals surface area contributed by atoms with Gasteiger partial charge in [0, 0.05) is 76.9 Å². The lowest BCUT2D eigenvalue weighted by molar-refractivity contribution is -0.319. The molecule has 7 bridgehead atoms. The van der Waals surface area contributed by atoms with Crippen molar-refractivity contribution >= 4 is 5.97 Å². The molecular formula is C27H43NO8. The van der Waals surface area contributed by atoms with Gasteiger partial charge in [-0.15, -0.1) is 0 Å². The zero-order chi connectivity index (χ0) is 25.8. The predicted octanol–water partition coefficient (Wildman–Crippen LogP) is 0.842. The number of ether oxygens (including phenoxy) is 5. The van der Waals surface area contributed by atoms with Gasteiger partial charge in [0.1, 0.15) is 17.3 Å². The van der Waals surface area contributed by atoms with Crippen LogP contribution in [0.2, 0.25) is 0 Å². The zero-order valence-corrected chi connectivity index (χ0v) is 22.4. The summed E-state index contributed by atoms with van der Waals surface area (Å²) in [5.41, 5.74) is -3.87. The van der Waals surface area contributed by atoms with Gasteiger partial charge in [-0.3, -0.25) is 9.69 Å². The number of fused-ring (bicyclic) bond motifs is 2. The maximum Gasteiger partial charge on any atom is 0.302 e. The van der Waals surface area contributed by atoms with Crippen LogP contribution in [0.4, 0.5) is 0 Å². The van der Waals surface area contributed by atoms with E-state index in [-0.39, 0.29) is 53.8 Å². The lowest BCUT2D eigenvalue weighted by Gasteiger charge is -2.70. The topological polar surface area (TPSA) is 107 Å². The quantitative estimate of drug-likeness (QED) is 0.483. The van der Waals surface area contributed by atoms with E-state index in [9.17, 15) is 15.0 Å². The van der Waals surface area contributed by atoms with Gasteiger partial charge in [-0.1, -0.05) is 6.92 Å². The summed E-state index contributed by atoms with van der Waals surface area (Å²) in [5.74, 6) is -0.924. The third kappa shape index (κ3) is 2.55. The molecule has 204 valence electrons. The van der Waals surface area contributed by atoms with Crippen LogP contribution in [0.3, 0.4) is 0 Å². The fourth-order valence-electron chi connectivity index (χ4n) is 11.3. The molecule has 36 heavy (non-hydrogen) atoms. The molecule has 0 unspecified atom stereocenters. The number of likely N-dealkylation sites (tertiary alicyclic amines) is 1. The van der Waals surface area contributed by atoms with Crippen molar-refractivity contribution in [1.29, 1.82) is 0 Å². The molecule has 0 aromatic heterocycles. The molecule has 5 saturated carbocycles. The second-order valence-corrected chi connectivity index (χ2v) is 12.5. The van der Waals surface area contributed by atoms with Gasteiger partial charge in [0.2, 0.25) is 0 Å². The summed E-state index contributed by atoms with van der Waals surface area (Å²) >= 11 is 0. The number of hydrogen-bond donors (Lipinski definition) is 2. The molecule has 6 rings (SSSR count). The Hall–Kier alpha value is -0.810. The molecule has 9 nitrogen and oxygen atoms in total. The van der Waals surface area contributed by atoms with Gasteiger partial charge >= 0.3 is 5.97 Å². The fourth-order valence-corrected chi connectivity index (χ4v) is 11.3. The molecule has 13 atom stereocenters. The van der Waals surface area contributed by atoms with Crippen LogP contribution in [0.5, 0.6) is 0 Å². The third-order valence-electron chi connectivity index (χ3n) is 11.8. The van der Waals surface area contributed by atoms with E-state index >= 15 is 0 Å². The Balaban J connectivity index is 1.66. The van der Waals surface area contributed by atoms with E-state index in [1.54, 1.807) is 28.4 Å². The number of esters is 1. The van der Waals surface area contributed by atoms with Gasteiger partial charge in [0.05, 0.1) is 31.0 Å². The summed E-state index contributed by atoms with van der Waals surface area (Å²) in [7, 11) is 6.83. The maximum absolute atomic E-state index is 13.1. The van der Waals surface area contributed by atoms with E-state index < -0.39 is 34.7 Å². The van der Waals surface area contributed by atoms with Crippen molar-refractivity contribution in [2.75, 3.05) is 48.1 Å². The summed E-state index contributed by atoms with van der Waals surface area (Å²) in [6.45, 7) is 5.62. The molecular weight excluding hydrogens is 466 g/mol. The largest absolute Gasteiger partial charge is 0.462 e. The summed E-state index contributed by atoms with van der Waals surface area (Å²) < 4.78 is 30.5. The first kappa shape index (κ1) is 25.5. The molecule has 6 fully saturated rings. The van der Waals surface area contributed by atoms with E-state index in [2.05, 4.69) is 11.8 Å². The molecule has 1 spiro atoms. The molecule has 0 aromatic carbocycles. The van der Waals surface area contributed by atoms with Crippen LogP contribution in [-0.4, -0.2) is 111 Å². The Morgan fingerprint density at radius 1 is 1.11 bits per heavy atom. The van der Waals surface area contributed by atoms with Crippen molar-refractivity contribution in [2.45, 2.75) is 81.2 Å². The monoisotopic (exact) mass is 509 g/mol. The van der Waals surface area contributed by atoms with Gasteiger partial charge in [0.25, 0.3) is 0 Å². The number of rotatable bonds is 7. The lowest BCUT2D eigenvalue weighted by atomic mass is 9.42. The first-order chi connectivity index (χ1) is 17.2. The summed E-state index contributed by atoms with van der Waals surface area (Å²) in [6.07, 6.45) is 1.20. The molecule has 6 aliphatic rings. The van der Waals surface area contributed by atoms with Gasteiger partial charge in [-0.25, -0.2) is 0 Å². The highest BCUT2D eigenvalue weighted by Crippen LogP contribution is 2.80. The smallest absolute Gasteiger partial charge is 0.302 e. The van der Waals surface area contributed by atoms with Crippen LogP contribution in [0.15, 0.2) is 0 Å². The van der Waals surface area contributed by atoms with Crippen LogP contribution in [0.1, 0.15) is 39.5 Å². The summed E-state index contributed by atoms with van der Waals surface area (Å²) in [6, 6.07) is -0.348. The molecule has 1 saturated heterocycles. The fraction of sp³-hybridized carbons (Fsp3) is 0.963. The molecule has 0 radical (unpaired) electrons. The highest BCUT2D eigenvalue weighted by atomic mass is 16.6. The van der Waals surface area contributed by atoms with Gasteiger partial charge in [0.15, 0.2) is 0 Å². The van der Waals surface area contributed by atoms with Crippen molar-refractivity contribution in [3.8, 4) is 0 Å². The average molecular weight is 510 g/mol. The Morgan fingerprint density at radius 3 is 2.44 bits per heavy atom. The van der Waals surface area contributed by atoms with Crippen molar-refractivity contribution in [3.63, 3.8) is 0 Å². The van der Waals surface area contributed by atoms with E-state index in [0.717, 1.165) is 32.4 Å². The van der Waals surface area contributed by atoms with Gasteiger partial charge in [-0.05, 0) is 31.7 Å². The number of carbonyl (C=O) groups is 1. The average Bonchev–Trinajstić information content (AvgIpc) is 3.23. The minimum absolute atomic E-state index is 0.0248. The second-order valence-electron chi connectivity index (χ2n) is 12.5. The van der Waals surface area contributed by atoms with Crippen LogP contribution in [0, 0.1) is 34.5 Å². The number of likely N-dealkylation sites (N-methyl/N-ethyl adjacent to an activating group) is 1. The molecule has 0 aromatic rings. The normalized spacial score (nSPS) is 56.6. The number of aliphatic hydroxyl groups is 2. The van der Waals surface area contributed by atoms with Crippen LogP contribution in [-0.2, 0) is 28.5 Å². The summed E-state index contributed by atoms with van der Waals surface area (Å²) in [4.78, 5) is 14.7. The Labute approximate surface area is 213 Å². The van der Waals surface area contributed by atoms with Crippen molar-refractivity contribution in [1.82, 2.24) is 4.90 Å². The van der Waals surface area contributed by atoms with Crippen molar-refractivity contribution in [3.05, 3.63) is 0 Å². The standard InChI is InChI=1S/C27H43NO8/c1-7-28-12-24(13-32-3)9-8-18(34-5)26-16-10-15-17(33-4)11-25(30,19(16)20(15)36-14(2)29)27(31,23(26)28)22(35-6)21(24)26/h15-23,30-31H,7-13H2,1-6H3/t15-,16-,17+,18-,19-,20+,21-,22+,23+,24+,25-,26+,27-/m1/s1. The molecule has 9 heteroatoms. The maximum atomic E-state index is 13.1. The Kier molecular flexibility index (Phi) is 5.73. The lowest BCUT2D eigenvalue weighted by Crippen LogP contribution is -2.82. The van der Waals surface area contributed by atoms with E-state index in [1.165, 1.54) is 6.92 Å². The predicted molar refractivity (Wildman–Crippen MR) is 128 cm³/mol. The van der Waals surface area contributed by atoms with E-state index in [0.29, 0.717) is 6.61 Å². The minimum atomic E-state index is -1.59. The molecule has 0 amide bonds. The minimum Gasteiger partial charge on any atom is -0.462 e. The van der Waals surface area contributed by atoms with E-state index in [4.69, 9.17) is 23.7 Å². The SMILES string of the molecule is CCN1C[C@]2(COC)CC[C@@H](OC)[C@@]34[C@@H]5C[C@H]6[C@H](OC(C)=O)[C@@H]5[C@](O)(C[C@@H]6OC)[C@@](O)([C@@H](OC)[C@H]23)[C@@H]14. The van der Waals surface area contributed by atoms with Crippen LogP contribution >= 0.6 is 0 Å². The van der Waals surface area contributed by atoms with Crippen LogP contribution in [0.25, 0.3) is 0 Å². The first-order valence-corrected chi connectivity index (χ1v) is 13.6. The number of nitrogens with zero attached hydrogens (tertiary/aromatic N) is 1. The number of methoxy groups -OCH3 is 4. The molecule has 5 aliphatic carbocycles. The van der Waals surface area contributed by atoms with Crippen molar-refractivity contribution in [2.24, 2.45) is 34.5 Å².